The molecule has 2 aromatic carbocycles. The van der Waals surface area contributed by atoms with Gasteiger partial charge in [-0.1, -0.05) is 36.4 Å². The Morgan fingerprint density at radius 3 is 2.55 bits per heavy atom. The molecule has 3 heterocycles. The van der Waals surface area contributed by atoms with Crippen LogP contribution in [0.1, 0.15) is 36.8 Å². The van der Waals surface area contributed by atoms with Gasteiger partial charge in [0.25, 0.3) is 0 Å². The number of carbonyl (C=O) groups excluding carboxylic acids is 1. The molecular formula is C25H26N2O4. The lowest BCUT2D eigenvalue weighted by Crippen LogP contribution is -2.52. The van der Waals surface area contributed by atoms with E-state index in [4.69, 9.17) is 9.47 Å². The molecule has 6 heteroatoms. The maximum absolute atomic E-state index is 12.8. The molecule has 0 saturated carbocycles. The van der Waals surface area contributed by atoms with Gasteiger partial charge < -0.3 is 19.5 Å². The van der Waals surface area contributed by atoms with Crippen LogP contribution in [0, 0.1) is 0 Å². The predicted octanol–water partition coefficient (Wildman–Crippen LogP) is 4.39. The van der Waals surface area contributed by atoms with Gasteiger partial charge in [0.1, 0.15) is 6.61 Å². The van der Waals surface area contributed by atoms with E-state index < -0.39 is 5.60 Å². The van der Waals surface area contributed by atoms with Crippen LogP contribution in [0.4, 0.5) is 4.79 Å². The molecule has 3 aromatic rings. The number of carbonyl (C=O) groups is 1. The summed E-state index contributed by atoms with van der Waals surface area (Å²) in [5.74, 6) is 0.569. The highest BCUT2D eigenvalue weighted by Crippen LogP contribution is 2.46. The Morgan fingerprint density at radius 2 is 1.84 bits per heavy atom. The van der Waals surface area contributed by atoms with Crippen LogP contribution in [-0.4, -0.2) is 40.3 Å². The fraction of sp³-hybridized carbons (Fsp3) is 0.360. The van der Waals surface area contributed by atoms with Gasteiger partial charge in [0.05, 0.1) is 18.2 Å². The zero-order valence-corrected chi connectivity index (χ0v) is 17.5. The number of fused-ring (bicyclic) bond motifs is 3. The van der Waals surface area contributed by atoms with Gasteiger partial charge in [-0.3, -0.25) is 0 Å². The molecule has 5 rings (SSSR count). The molecule has 2 fully saturated rings. The van der Waals surface area contributed by atoms with E-state index in [1.807, 2.05) is 65.6 Å². The van der Waals surface area contributed by atoms with E-state index in [-0.39, 0.29) is 24.8 Å². The first-order valence-electron chi connectivity index (χ1n) is 10.7. The molecule has 6 nitrogen and oxygen atoms in total. The number of nitrogens with zero attached hydrogens (tertiary/aromatic N) is 2. The monoisotopic (exact) mass is 418 g/mol. The predicted molar refractivity (Wildman–Crippen MR) is 117 cm³/mol. The van der Waals surface area contributed by atoms with Gasteiger partial charge in [-0.05, 0) is 42.2 Å². The number of methoxy groups -OCH3 is 1. The summed E-state index contributed by atoms with van der Waals surface area (Å²) in [5.41, 5.74) is 1.71. The number of hydrogen-bond donors (Lipinski definition) is 1. The van der Waals surface area contributed by atoms with Crippen molar-refractivity contribution in [3.63, 3.8) is 0 Å². The van der Waals surface area contributed by atoms with E-state index in [0.29, 0.717) is 18.7 Å². The molecule has 2 unspecified atom stereocenters. The molecular weight excluding hydrogens is 392 g/mol. The second-order valence-electron chi connectivity index (χ2n) is 8.53. The Labute approximate surface area is 181 Å². The molecule has 0 aliphatic carbocycles. The minimum Gasteiger partial charge on any atom is -0.481 e. The van der Waals surface area contributed by atoms with E-state index in [9.17, 15) is 9.90 Å². The number of aromatic nitrogens is 1. The number of amides is 1. The van der Waals surface area contributed by atoms with Gasteiger partial charge >= 0.3 is 6.09 Å². The molecule has 2 atom stereocenters. The third-order valence-electron chi connectivity index (χ3n) is 6.59. The van der Waals surface area contributed by atoms with Gasteiger partial charge in [0.15, 0.2) is 0 Å². The lowest BCUT2D eigenvalue weighted by atomic mass is 9.80. The van der Waals surface area contributed by atoms with Crippen molar-refractivity contribution in [3.8, 4) is 5.88 Å². The van der Waals surface area contributed by atoms with Gasteiger partial charge in [0, 0.05) is 36.4 Å². The highest BCUT2D eigenvalue weighted by Gasteiger charge is 2.50. The van der Waals surface area contributed by atoms with Crippen molar-refractivity contribution in [1.29, 1.82) is 0 Å². The van der Waals surface area contributed by atoms with Crippen LogP contribution >= 0.6 is 0 Å². The molecule has 1 N–H and O–H groups in total. The van der Waals surface area contributed by atoms with Crippen LogP contribution in [-0.2, 0) is 16.9 Å². The van der Waals surface area contributed by atoms with Gasteiger partial charge in [-0.15, -0.1) is 0 Å². The van der Waals surface area contributed by atoms with Gasteiger partial charge in [-0.25, -0.2) is 9.78 Å². The summed E-state index contributed by atoms with van der Waals surface area (Å²) >= 11 is 0. The highest BCUT2D eigenvalue weighted by atomic mass is 16.6. The molecule has 1 aromatic heterocycles. The molecule has 1 amide bonds. The topological polar surface area (TPSA) is 71.9 Å². The van der Waals surface area contributed by atoms with E-state index in [0.717, 1.165) is 34.9 Å². The van der Waals surface area contributed by atoms with Crippen LogP contribution in [0.5, 0.6) is 5.88 Å². The quantitative estimate of drug-likeness (QED) is 0.680. The average molecular weight is 418 g/mol. The molecule has 2 aliphatic rings. The van der Waals surface area contributed by atoms with Crippen molar-refractivity contribution in [2.24, 2.45) is 0 Å². The lowest BCUT2D eigenvalue weighted by Gasteiger charge is -2.43. The first kappa shape index (κ1) is 19.8. The first-order valence-corrected chi connectivity index (χ1v) is 10.7. The zero-order valence-electron chi connectivity index (χ0n) is 17.5. The lowest BCUT2D eigenvalue weighted by molar-refractivity contribution is -0.0536. The van der Waals surface area contributed by atoms with Gasteiger partial charge in [-0.2, -0.15) is 0 Å². The number of aliphatic hydroxyl groups is 1. The smallest absolute Gasteiger partial charge is 0.410 e. The Bertz CT molecular complexity index is 1090. The third-order valence-corrected chi connectivity index (χ3v) is 6.59. The fourth-order valence-corrected chi connectivity index (χ4v) is 5.06. The summed E-state index contributed by atoms with van der Waals surface area (Å²) in [6.45, 7) is 0.265. The first-order chi connectivity index (χ1) is 15.1. The van der Waals surface area contributed by atoms with Gasteiger partial charge in [0.2, 0.25) is 5.88 Å². The number of pyridine rings is 1. The zero-order chi connectivity index (χ0) is 21.4. The second kappa shape index (κ2) is 7.85. The number of hydrogen-bond acceptors (Lipinski definition) is 5. The van der Waals surface area contributed by atoms with Crippen LogP contribution < -0.4 is 4.74 Å². The van der Waals surface area contributed by atoms with Crippen LogP contribution in [0.15, 0.2) is 60.7 Å². The Hall–Kier alpha value is -3.12. The summed E-state index contributed by atoms with van der Waals surface area (Å²) in [6.07, 6.45) is 2.52. The van der Waals surface area contributed by atoms with Crippen molar-refractivity contribution in [3.05, 3.63) is 71.8 Å². The Balaban J connectivity index is 1.32. The molecule has 0 radical (unpaired) electrons. The Morgan fingerprint density at radius 1 is 1.10 bits per heavy atom. The second-order valence-corrected chi connectivity index (χ2v) is 8.53. The normalized spacial score (nSPS) is 24.9. The molecule has 2 bridgehead atoms. The molecule has 0 spiro atoms. The van der Waals surface area contributed by atoms with Crippen LogP contribution in [0.25, 0.3) is 10.9 Å². The molecule has 2 aliphatic heterocycles. The maximum atomic E-state index is 12.8. The van der Waals surface area contributed by atoms with E-state index in [1.165, 1.54) is 0 Å². The molecule has 2 saturated heterocycles. The van der Waals surface area contributed by atoms with Crippen LogP contribution in [0.3, 0.4) is 0 Å². The van der Waals surface area contributed by atoms with Crippen molar-refractivity contribution < 1.29 is 19.4 Å². The van der Waals surface area contributed by atoms with Crippen molar-refractivity contribution in [2.75, 3.05) is 7.11 Å². The summed E-state index contributed by atoms with van der Waals surface area (Å²) < 4.78 is 10.8. The number of ether oxygens (including phenoxy) is 2. The van der Waals surface area contributed by atoms with Crippen molar-refractivity contribution in [2.45, 2.75) is 50.0 Å². The third kappa shape index (κ3) is 3.72. The van der Waals surface area contributed by atoms with Crippen LogP contribution in [0.2, 0.25) is 0 Å². The van der Waals surface area contributed by atoms with E-state index in [2.05, 4.69) is 4.98 Å². The largest absolute Gasteiger partial charge is 0.481 e. The minimum atomic E-state index is -0.962. The summed E-state index contributed by atoms with van der Waals surface area (Å²) in [6, 6.07) is 19.3. The highest BCUT2D eigenvalue weighted by molar-refractivity contribution is 5.80. The summed E-state index contributed by atoms with van der Waals surface area (Å²) in [5, 5.41) is 12.5. The average Bonchev–Trinajstić information content (AvgIpc) is 3.09. The Kier molecular flexibility index (Phi) is 5.02. The number of piperidine rings is 1. The van der Waals surface area contributed by atoms with E-state index >= 15 is 0 Å². The number of benzene rings is 2. The molecule has 160 valence electrons. The standard InChI is InChI=1S/C25H26N2O4/c1-30-23-12-7-18-13-19(8-11-22(18)26-23)25(29)14-20-9-10-21(15-25)27(20)24(28)31-16-17-5-3-2-4-6-17/h2-8,11-13,20-21,29H,9-10,14-16H2,1H3. The fourth-order valence-electron chi connectivity index (χ4n) is 5.06. The maximum Gasteiger partial charge on any atom is 0.410 e. The van der Waals surface area contributed by atoms with E-state index in [1.54, 1.807) is 7.11 Å². The summed E-state index contributed by atoms with van der Waals surface area (Å²) in [4.78, 5) is 19.1. The SMILES string of the molecule is COc1ccc2cc(C3(O)CC4CCC(C3)N4C(=O)OCc3ccccc3)ccc2n1. The van der Waals surface area contributed by atoms with Crippen molar-refractivity contribution in [1.82, 2.24) is 9.88 Å². The molecule has 31 heavy (non-hydrogen) atoms. The summed E-state index contributed by atoms with van der Waals surface area (Å²) in [7, 11) is 1.60. The number of rotatable bonds is 4. The van der Waals surface area contributed by atoms with Crippen molar-refractivity contribution >= 4 is 17.0 Å². The minimum absolute atomic E-state index is 0.0169.